The summed E-state index contributed by atoms with van der Waals surface area (Å²) in [5.74, 6) is 2.73. The molecule has 1 atom stereocenters. The van der Waals surface area contributed by atoms with E-state index in [1.165, 1.54) is 0 Å². The topological polar surface area (TPSA) is 44.5 Å². The molecule has 17 heavy (non-hydrogen) atoms. The average molecular weight is 255 g/mol. The van der Waals surface area contributed by atoms with Gasteiger partial charge in [0, 0.05) is 17.5 Å². The highest BCUT2D eigenvalue weighted by Crippen LogP contribution is 2.18. The Labute approximate surface area is 108 Å². The van der Waals surface area contributed by atoms with Crippen LogP contribution in [0.3, 0.4) is 0 Å². The summed E-state index contributed by atoms with van der Waals surface area (Å²) in [7, 11) is 0. The zero-order valence-corrected chi connectivity index (χ0v) is 11.3. The van der Waals surface area contributed by atoms with Gasteiger partial charge in [0.1, 0.15) is 11.5 Å². The Morgan fingerprint density at radius 3 is 2.29 bits per heavy atom. The SMILES string of the molecule is CCOc1ccc(OCCSC(C)CN)cc1. The molecular formula is C13H21NO2S. The van der Waals surface area contributed by atoms with Crippen molar-refractivity contribution in [2.24, 2.45) is 5.73 Å². The number of benzene rings is 1. The Kier molecular flexibility index (Phi) is 6.89. The molecule has 1 aromatic carbocycles. The predicted octanol–water partition coefficient (Wildman–Crippen LogP) is 2.54. The van der Waals surface area contributed by atoms with Gasteiger partial charge in [0.05, 0.1) is 13.2 Å². The number of nitrogens with two attached hydrogens (primary N) is 1. The van der Waals surface area contributed by atoms with Crippen molar-refractivity contribution in [3.8, 4) is 11.5 Å². The van der Waals surface area contributed by atoms with E-state index in [4.69, 9.17) is 15.2 Å². The molecule has 0 bridgehead atoms. The highest BCUT2D eigenvalue weighted by atomic mass is 32.2. The second-order valence-corrected chi connectivity index (χ2v) is 5.22. The van der Waals surface area contributed by atoms with Crippen molar-refractivity contribution >= 4 is 11.8 Å². The van der Waals surface area contributed by atoms with Crippen molar-refractivity contribution in [2.45, 2.75) is 19.1 Å². The van der Waals surface area contributed by atoms with Crippen LogP contribution < -0.4 is 15.2 Å². The summed E-state index contributed by atoms with van der Waals surface area (Å²) in [6.45, 7) is 6.21. The Hall–Kier alpha value is -0.870. The zero-order valence-electron chi connectivity index (χ0n) is 10.5. The summed E-state index contributed by atoms with van der Waals surface area (Å²) < 4.78 is 11.0. The molecule has 0 aromatic heterocycles. The minimum Gasteiger partial charge on any atom is -0.494 e. The molecule has 2 N–H and O–H groups in total. The molecule has 0 heterocycles. The molecule has 1 rings (SSSR count). The van der Waals surface area contributed by atoms with Gasteiger partial charge in [-0.05, 0) is 31.2 Å². The third-order valence-corrected chi connectivity index (χ3v) is 3.38. The van der Waals surface area contributed by atoms with Gasteiger partial charge >= 0.3 is 0 Å². The van der Waals surface area contributed by atoms with Gasteiger partial charge in [-0.2, -0.15) is 11.8 Å². The molecule has 0 aliphatic carbocycles. The molecule has 0 spiro atoms. The van der Waals surface area contributed by atoms with Gasteiger partial charge in [0.2, 0.25) is 0 Å². The molecule has 96 valence electrons. The van der Waals surface area contributed by atoms with Crippen LogP contribution in [-0.4, -0.2) is 30.8 Å². The van der Waals surface area contributed by atoms with Crippen molar-refractivity contribution in [1.82, 2.24) is 0 Å². The first-order chi connectivity index (χ1) is 8.26. The normalized spacial score (nSPS) is 12.2. The van der Waals surface area contributed by atoms with E-state index >= 15 is 0 Å². The highest BCUT2D eigenvalue weighted by Gasteiger charge is 2.00. The van der Waals surface area contributed by atoms with E-state index in [0.717, 1.165) is 17.3 Å². The standard InChI is InChI=1S/C13H21NO2S/c1-3-15-12-4-6-13(7-5-12)16-8-9-17-11(2)10-14/h4-7,11H,3,8-10,14H2,1-2H3. The fourth-order valence-electron chi connectivity index (χ4n) is 1.28. The van der Waals surface area contributed by atoms with Crippen LogP contribution in [0.1, 0.15) is 13.8 Å². The monoisotopic (exact) mass is 255 g/mol. The van der Waals surface area contributed by atoms with E-state index < -0.39 is 0 Å². The highest BCUT2D eigenvalue weighted by molar-refractivity contribution is 7.99. The van der Waals surface area contributed by atoms with E-state index in [1.807, 2.05) is 43.0 Å². The molecule has 3 nitrogen and oxygen atoms in total. The lowest BCUT2D eigenvalue weighted by atomic mass is 10.3. The fraction of sp³-hybridized carbons (Fsp3) is 0.538. The minimum atomic E-state index is 0.499. The summed E-state index contributed by atoms with van der Waals surface area (Å²) in [5.41, 5.74) is 5.53. The Morgan fingerprint density at radius 2 is 1.76 bits per heavy atom. The predicted molar refractivity (Wildman–Crippen MR) is 74.1 cm³/mol. The number of hydrogen-bond donors (Lipinski definition) is 1. The molecule has 0 aliphatic heterocycles. The molecule has 0 saturated carbocycles. The van der Waals surface area contributed by atoms with Crippen LogP contribution in [0.25, 0.3) is 0 Å². The van der Waals surface area contributed by atoms with Crippen molar-refractivity contribution in [3.05, 3.63) is 24.3 Å². The fourth-order valence-corrected chi connectivity index (χ4v) is 1.99. The lowest BCUT2D eigenvalue weighted by Crippen LogP contribution is -2.14. The molecular weight excluding hydrogens is 234 g/mol. The lowest BCUT2D eigenvalue weighted by molar-refractivity contribution is 0.332. The summed E-state index contributed by atoms with van der Waals surface area (Å²) in [6.07, 6.45) is 0. The molecule has 0 saturated heterocycles. The third-order valence-electron chi connectivity index (χ3n) is 2.22. The van der Waals surface area contributed by atoms with Crippen LogP contribution >= 0.6 is 11.8 Å². The molecule has 1 aromatic rings. The van der Waals surface area contributed by atoms with Gasteiger partial charge < -0.3 is 15.2 Å². The Bertz CT molecular complexity index is 303. The first-order valence-corrected chi connectivity index (χ1v) is 6.98. The van der Waals surface area contributed by atoms with Crippen LogP contribution in [-0.2, 0) is 0 Å². The lowest BCUT2D eigenvalue weighted by Gasteiger charge is -2.10. The number of hydrogen-bond acceptors (Lipinski definition) is 4. The van der Waals surface area contributed by atoms with Gasteiger partial charge in [-0.3, -0.25) is 0 Å². The maximum Gasteiger partial charge on any atom is 0.119 e. The Morgan fingerprint density at radius 1 is 1.18 bits per heavy atom. The van der Waals surface area contributed by atoms with Crippen molar-refractivity contribution in [3.63, 3.8) is 0 Å². The summed E-state index contributed by atoms with van der Waals surface area (Å²) in [6, 6.07) is 7.72. The van der Waals surface area contributed by atoms with Crippen molar-refractivity contribution < 1.29 is 9.47 Å². The van der Waals surface area contributed by atoms with Gasteiger partial charge in [0.15, 0.2) is 0 Å². The summed E-state index contributed by atoms with van der Waals surface area (Å²) in [4.78, 5) is 0. The number of rotatable bonds is 8. The van der Waals surface area contributed by atoms with Crippen LogP contribution in [0.2, 0.25) is 0 Å². The minimum absolute atomic E-state index is 0.499. The average Bonchev–Trinajstić information content (AvgIpc) is 2.36. The largest absolute Gasteiger partial charge is 0.494 e. The van der Waals surface area contributed by atoms with E-state index in [0.29, 0.717) is 25.0 Å². The second kappa shape index (κ2) is 8.25. The van der Waals surface area contributed by atoms with E-state index in [-0.39, 0.29) is 0 Å². The maximum absolute atomic E-state index is 5.62. The smallest absolute Gasteiger partial charge is 0.119 e. The maximum atomic E-state index is 5.62. The van der Waals surface area contributed by atoms with E-state index in [2.05, 4.69) is 6.92 Å². The first kappa shape index (κ1) is 14.2. The van der Waals surface area contributed by atoms with Gasteiger partial charge in [0.25, 0.3) is 0 Å². The summed E-state index contributed by atoms with van der Waals surface area (Å²) in [5, 5.41) is 0.499. The molecule has 0 radical (unpaired) electrons. The zero-order chi connectivity index (χ0) is 12.5. The molecule has 0 aliphatic rings. The first-order valence-electron chi connectivity index (χ1n) is 5.93. The van der Waals surface area contributed by atoms with Crippen LogP contribution in [0.4, 0.5) is 0 Å². The van der Waals surface area contributed by atoms with Gasteiger partial charge in [-0.15, -0.1) is 0 Å². The third kappa shape index (κ3) is 5.84. The van der Waals surface area contributed by atoms with Crippen LogP contribution in [0.5, 0.6) is 11.5 Å². The molecule has 0 fully saturated rings. The van der Waals surface area contributed by atoms with Gasteiger partial charge in [-0.1, -0.05) is 6.92 Å². The van der Waals surface area contributed by atoms with Crippen molar-refractivity contribution in [1.29, 1.82) is 0 Å². The second-order valence-electron chi connectivity index (χ2n) is 3.67. The van der Waals surface area contributed by atoms with Crippen LogP contribution in [0, 0.1) is 0 Å². The molecule has 4 heteroatoms. The number of thioether (sulfide) groups is 1. The quantitative estimate of drug-likeness (QED) is 0.725. The van der Waals surface area contributed by atoms with Crippen molar-refractivity contribution in [2.75, 3.05) is 25.5 Å². The van der Waals surface area contributed by atoms with Gasteiger partial charge in [-0.25, -0.2) is 0 Å². The van der Waals surface area contributed by atoms with Crippen LogP contribution in [0.15, 0.2) is 24.3 Å². The molecule has 1 unspecified atom stereocenters. The van der Waals surface area contributed by atoms with E-state index in [9.17, 15) is 0 Å². The number of ether oxygens (including phenoxy) is 2. The Balaban J connectivity index is 2.23. The van der Waals surface area contributed by atoms with E-state index in [1.54, 1.807) is 0 Å². The summed E-state index contributed by atoms with van der Waals surface area (Å²) >= 11 is 1.83. The molecule has 0 amide bonds.